The maximum atomic E-state index is 12.5. The van der Waals surface area contributed by atoms with Crippen LogP contribution < -0.4 is 0 Å². The third-order valence-electron chi connectivity index (χ3n) is 4.82. The van der Waals surface area contributed by atoms with Crippen LogP contribution in [0.3, 0.4) is 0 Å². The fraction of sp³-hybridized carbons (Fsp3) is 0.412. The molecule has 8 nitrogen and oxygen atoms in total. The van der Waals surface area contributed by atoms with Crippen LogP contribution in [0.4, 0.5) is 4.79 Å². The van der Waals surface area contributed by atoms with Crippen LogP contribution in [0.15, 0.2) is 24.7 Å². The highest BCUT2D eigenvalue weighted by Gasteiger charge is 2.42. The van der Waals surface area contributed by atoms with Gasteiger partial charge in [0.15, 0.2) is 5.65 Å². The standard InChI is InChI=1S/C17H17N5O3/c23-16-13(9-14-10-20(17(24)25)7-8-21(14)16)4-1-3-12-5-2-6-22-15(12)18-11-19-22/h2,5-6,11,13-14H,4,7-10H2,(H,24,25)/t13-,14-/m0/s1. The summed E-state index contributed by atoms with van der Waals surface area (Å²) >= 11 is 0. The number of hydrogen-bond acceptors (Lipinski definition) is 4. The van der Waals surface area contributed by atoms with Crippen LogP contribution in [0.1, 0.15) is 18.4 Å². The molecule has 4 heterocycles. The molecule has 0 saturated carbocycles. The first-order valence-corrected chi connectivity index (χ1v) is 8.19. The van der Waals surface area contributed by atoms with Crippen LogP contribution in [-0.2, 0) is 4.79 Å². The molecule has 2 saturated heterocycles. The molecule has 2 aromatic rings. The molecule has 2 fully saturated rings. The van der Waals surface area contributed by atoms with Crippen molar-refractivity contribution in [1.29, 1.82) is 0 Å². The maximum absolute atomic E-state index is 12.5. The Bertz CT molecular complexity index is 896. The highest BCUT2D eigenvalue weighted by molar-refractivity contribution is 5.82. The van der Waals surface area contributed by atoms with E-state index in [1.807, 2.05) is 17.0 Å². The number of nitrogens with zero attached hydrogens (tertiary/aromatic N) is 5. The Morgan fingerprint density at radius 3 is 3.12 bits per heavy atom. The molecule has 0 radical (unpaired) electrons. The number of fused-ring (bicyclic) bond motifs is 2. The van der Waals surface area contributed by atoms with Gasteiger partial charge in [-0.3, -0.25) is 4.79 Å². The lowest BCUT2D eigenvalue weighted by Gasteiger charge is -2.35. The van der Waals surface area contributed by atoms with E-state index in [-0.39, 0.29) is 17.9 Å². The third kappa shape index (κ3) is 2.78. The number of hydrogen-bond donors (Lipinski definition) is 1. The lowest BCUT2D eigenvalue weighted by Crippen LogP contribution is -2.52. The SMILES string of the molecule is O=C(O)N1CCN2C(=O)[C@@H](CC#Cc3cccn4ncnc34)C[C@H]2C1. The average molecular weight is 339 g/mol. The second-order valence-corrected chi connectivity index (χ2v) is 6.30. The van der Waals surface area contributed by atoms with Crippen molar-refractivity contribution < 1.29 is 14.7 Å². The van der Waals surface area contributed by atoms with Gasteiger partial charge < -0.3 is 14.9 Å². The zero-order chi connectivity index (χ0) is 17.4. The van der Waals surface area contributed by atoms with Crippen molar-refractivity contribution in [2.45, 2.75) is 18.9 Å². The van der Waals surface area contributed by atoms with E-state index in [0.717, 1.165) is 5.56 Å². The van der Waals surface area contributed by atoms with Gasteiger partial charge in [-0.05, 0) is 18.6 Å². The van der Waals surface area contributed by atoms with Crippen molar-refractivity contribution >= 4 is 17.6 Å². The maximum Gasteiger partial charge on any atom is 0.407 e. The zero-order valence-corrected chi connectivity index (χ0v) is 13.5. The van der Waals surface area contributed by atoms with E-state index >= 15 is 0 Å². The average Bonchev–Trinajstić information content (AvgIpc) is 3.20. The van der Waals surface area contributed by atoms with E-state index in [4.69, 9.17) is 5.11 Å². The monoisotopic (exact) mass is 339 g/mol. The molecule has 0 spiro atoms. The van der Waals surface area contributed by atoms with E-state index in [2.05, 4.69) is 21.9 Å². The van der Waals surface area contributed by atoms with Crippen molar-refractivity contribution in [1.82, 2.24) is 24.4 Å². The highest BCUT2D eigenvalue weighted by atomic mass is 16.4. The number of rotatable bonds is 1. The molecule has 0 aliphatic carbocycles. The molecule has 2 aliphatic heterocycles. The quantitative estimate of drug-likeness (QED) is 0.772. The molecule has 0 unspecified atom stereocenters. The van der Waals surface area contributed by atoms with Crippen LogP contribution in [-0.4, -0.2) is 67.2 Å². The van der Waals surface area contributed by atoms with Gasteiger partial charge in [0.1, 0.15) is 6.33 Å². The zero-order valence-electron chi connectivity index (χ0n) is 13.5. The normalized spacial score (nSPS) is 22.6. The van der Waals surface area contributed by atoms with E-state index in [1.165, 1.54) is 11.2 Å². The number of aromatic nitrogens is 3. The van der Waals surface area contributed by atoms with E-state index in [9.17, 15) is 9.59 Å². The Labute approximate surface area is 144 Å². The van der Waals surface area contributed by atoms with Crippen LogP contribution >= 0.6 is 0 Å². The van der Waals surface area contributed by atoms with Crippen molar-refractivity contribution in [3.63, 3.8) is 0 Å². The van der Waals surface area contributed by atoms with Crippen molar-refractivity contribution in [3.05, 3.63) is 30.2 Å². The first kappa shape index (κ1) is 15.4. The van der Waals surface area contributed by atoms with Crippen LogP contribution in [0.2, 0.25) is 0 Å². The smallest absolute Gasteiger partial charge is 0.407 e. The van der Waals surface area contributed by atoms with Crippen molar-refractivity contribution in [2.24, 2.45) is 5.92 Å². The second kappa shape index (κ2) is 6.09. The number of pyridine rings is 1. The minimum atomic E-state index is -0.920. The van der Waals surface area contributed by atoms with Gasteiger partial charge in [-0.1, -0.05) is 11.8 Å². The summed E-state index contributed by atoms with van der Waals surface area (Å²) in [5.74, 6) is 6.10. The largest absolute Gasteiger partial charge is 0.465 e. The predicted molar refractivity (Wildman–Crippen MR) is 87.7 cm³/mol. The molecule has 0 bridgehead atoms. The van der Waals surface area contributed by atoms with Gasteiger partial charge in [-0.2, -0.15) is 5.10 Å². The lowest BCUT2D eigenvalue weighted by molar-refractivity contribution is -0.133. The lowest BCUT2D eigenvalue weighted by atomic mass is 10.0. The molecule has 4 rings (SSSR count). The molecule has 2 atom stereocenters. The summed E-state index contributed by atoms with van der Waals surface area (Å²) < 4.78 is 1.66. The van der Waals surface area contributed by atoms with E-state index in [1.54, 1.807) is 10.7 Å². The van der Waals surface area contributed by atoms with Gasteiger partial charge in [-0.15, -0.1) is 0 Å². The number of piperazine rings is 1. The number of carbonyl (C=O) groups excluding carboxylic acids is 1. The van der Waals surface area contributed by atoms with Gasteiger partial charge in [0.2, 0.25) is 5.91 Å². The summed E-state index contributed by atoms with van der Waals surface area (Å²) in [6.07, 6.45) is 3.49. The molecule has 25 heavy (non-hydrogen) atoms. The molecule has 2 aromatic heterocycles. The minimum absolute atomic E-state index is 0.0240. The second-order valence-electron chi connectivity index (χ2n) is 6.30. The fourth-order valence-corrected chi connectivity index (χ4v) is 3.57. The van der Waals surface area contributed by atoms with Gasteiger partial charge in [0, 0.05) is 32.3 Å². The van der Waals surface area contributed by atoms with Gasteiger partial charge in [0.25, 0.3) is 0 Å². The first-order valence-electron chi connectivity index (χ1n) is 8.19. The van der Waals surface area contributed by atoms with Gasteiger partial charge in [0.05, 0.1) is 17.5 Å². The van der Waals surface area contributed by atoms with E-state index in [0.29, 0.717) is 38.1 Å². The molecule has 8 heteroatoms. The Kier molecular flexibility index (Phi) is 3.76. The number of amides is 2. The Morgan fingerprint density at radius 2 is 2.28 bits per heavy atom. The summed E-state index contributed by atoms with van der Waals surface area (Å²) in [5.41, 5.74) is 1.47. The summed E-state index contributed by atoms with van der Waals surface area (Å²) in [7, 11) is 0. The number of carboxylic acid groups (broad SMARTS) is 1. The molecule has 1 N–H and O–H groups in total. The van der Waals surface area contributed by atoms with Crippen LogP contribution in [0.5, 0.6) is 0 Å². The predicted octanol–water partition coefficient (Wildman–Crippen LogP) is 0.682. The topological polar surface area (TPSA) is 91.0 Å². The molecule has 0 aromatic carbocycles. The van der Waals surface area contributed by atoms with Crippen LogP contribution in [0.25, 0.3) is 5.65 Å². The molecular weight excluding hydrogens is 322 g/mol. The molecular formula is C17H17N5O3. The summed E-state index contributed by atoms with van der Waals surface area (Å²) in [5, 5.41) is 13.2. The molecule has 2 amide bonds. The Hall–Kier alpha value is -3.08. The minimum Gasteiger partial charge on any atom is -0.465 e. The number of carbonyl (C=O) groups is 2. The summed E-state index contributed by atoms with van der Waals surface area (Å²) in [4.78, 5) is 31.0. The van der Waals surface area contributed by atoms with E-state index < -0.39 is 6.09 Å². The first-order chi connectivity index (χ1) is 12.1. The van der Waals surface area contributed by atoms with Gasteiger partial charge in [-0.25, -0.2) is 14.3 Å². The summed E-state index contributed by atoms with van der Waals surface area (Å²) in [6, 6.07) is 3.71. The Morgan fingerprint density at radius 1 is 1.40 bits per heavy atom. The fourth-order valence-electron chi connectivity index (χ4n) is 3.57. The molecule has 2 aliphatic rings. The molecule has 128 valence electrons. The third-order valence-corrected chi connectivity index (χ3v) is 4.82. The van der Waals surface area contributed by atoms with Crippen molar-refractivity contribution in [2.75, 3.05) is 19.6 Å². The summed E-state index contributed by atoms with van der Waals surface area (Å²) in [6.45, 7) is 1.24. The highest BCUT2D eigenvalue weighted by Crippen LogP contribution is 2.29. The Balaban J connectivity index is 1.45. The van der Waals surface area contributed by atoms with Crippen molar-refractivity contribution in [3.8, 4) is 11.8 Å². The van der Waals surface area contributed by atoms with Crippen LogP contribution in [0, 0.1) is 17.8 Å². The van der Waals surface area contributed by atoms with Gasteiger partial charge >= 0.3 is 6.09 Å².